The molecule has 1 aliphatic rings. The summed E-state index contributed by atoms with van der Waals surface area (Å²) in [5.74, 6) is -0.0766. The van der Waals surface area contributed by atoms with Gasteiger partial charge in [-0.05, 0) is 88.1 Å². The number of methoxy groups -OCH3 is 1. The quantitative estimate of drug-likeness (QED) is 0.159. The van der Waals surface area contributed by atoms with Gasteiger partial charge in [0, 0.05) is 5.02 Å². The highest BCUT2D eigenvalue weighted by atomic mass is 79.9. The van der Waals surface area contributed by atoms with Gasteiger partial charge >= 0.3 is 6.03 Å². The molecule has 1 saturated heterocycles. The molecule has 1 aliphatic heterocycles. The maximum Gasteiger partial charge on any atom is 0.335 e. The molecule has 1 heterocycles. The van der Waals surface area contributed by atoms with Crippen LogP contribution >= 0.6 is 27.5 Å². The first-order valence-corrected chi connectivity index (χ1v) is 13.4. The molecule has 0 atom stereocenters. The molecule has 0 unspecified atom stereocenters. The van der Waals surface area contributed by atoms with Gasteiger partial charge < -0.3 is 14.2 Å². The number of halogens is 2. The largest absolute Gasteiger partial charge is 0.494 e. The zero-order chi connectivity index (χ0) is 27.9. The lowest BCUT2D eigenvalue weighted by Crippen LogP contribution is -2.54. The van der Waals surface area contributed by atoms with E-state index in [4.69, 9.17) is 25.8 Å². The molecule has 8 nitrogen and oxygen atoms in total. The van der Waals surface area contributed by atoms with Crippen molar-refractivity contribution in [1.29, 1.82) is 0 Å². The van der Waals surface area contributed by atoms with Crippen molar-refractivity contribution in [2.45, 2.75) is 26.4 Å². The van der Waals surface area contributed by atoms with Gasteiger partial charge in [0.15, 0.2) is 11.5 Å². The Labute approximate surface area is 239 Å². The Bertz CT molecular complexity index is 1410. The van der Waals surface area contributed by atoms with Gasteiger partial charge in [0.25, 0.3) is 11.8 Å². The van der Waals surface area contributed by atoms with Crippen LogP contribution in [0.5, 0.6) is 17.2 Å². The Hall–Kier alpha value is -3.82. The van der Waals surface area contributed by atoms with Crippen molar-refractivity contribution in [2.24, 2.45) is 0 Å². The van der Waals surface area contributed by atoms with Crippen LogP contribution in [0.4, 0.5) is 10.5 Å². The molecule has 0 spiro atoms. The fourth-order valence-electron chi connectivity index (χ4n) is 3.78. The molecule has 3 aromatic carbocycles. The number of nitrogens with one attached hydrogen (secondary N) is 1. The van der Waals surface area contributed by atoms with E-state index < -0.39 is 17.8 Å². The standard InChI is InChI=1S/C29H26BrClN2O6/c1-3-4-13-38-22-11-9-21(10-12-22)33-28(35)23(27(34)32-29(33)36)14-19-15-24(30)26(25(16-19)37-2)39-17-18-5-7-20(31)8-6-18/h5-12,14-16H,3-4,13,17H2,1-2H3,(H,32,34,36)/b23-14-. The van der Waals surface area contributed by atoms with Crippen LogP contribution in [0.25, 0.3) is 6.08 Å². The average molecular weight is 614 g/mol. The van der Waals surface area contributed by atoms with Gasteiger partial charge in [-0.2, -0.15) is 0 Å². The third-order valence-electron chi connectivity index (χ3n) is 5.82. The summed E-state index contributed by atoms with van der Waals surface area (Å²) in [6, 6.07) is 16.3. The van der Waals surface area contributed by atoms with E-state index in [1.54, 1.807) is 48.5 Å². The minimum atomic E-state index is -0.827. The molecule has 10 heteroatoms. The van der Waals surface area contributed by atoms with E-state index in [1.165, 1.54) is 13.2 Å². The highest BCUT2D eigenvalue weighted by molar-refractivity contribution is 9.10. The molecule has 0 radical (unpaired) electrons. The molecule has 1 N–H and O–H groups in total. The van der Waals surface area contributed by atoms with E-state index in [1.807, 2.05) is 12.1 Å². The van der Waals surface area contributed by atoms with Crippen LogP contribution < -0.4 is 24.4 Å². The van der Waals surface area contributed by atoms with Crippen LogP contribution in [-0.2, 0) is 16.2 Å². The number of carbonyl (C=O) groups is 3. The van der Waals surface area contributed by atoms with Crippen molar-refractivity contribution in [3.63, 3.8) is 0 Å². The second kappa shape index (κ2) is 12.8. The molecule has 202 valence electrons. The molecule has 0 bridgehead atoms. The first kappa shape index (κ1) is 28.2. The molecular weight excluding hydrogens is 588 g/mol. The monoisotopic (exact) mass is 612 g/mol. The third kappa shape index (κ3) is 6.79. The lowest BCUT2D eigenvalue weighted by atomic mass is 10.1. The molecule has 0 aromatic heterocycles. The molecular formula is C29H26BrClN2O6. The topological polar surface area (TPSA) is 94.2 Å². The number of anilines is 1. The minimum Gasteiger partial charge on any atom is -0.494 e. The van der Waals surface area contributed by atoms with Crippen LogP contribution in [0.3, 0.4) is 0 Å². The average Bonchev–Trinajstić information content (AvgIpc) is 2.92. The zero-order valence-electron chi connectivity index (χ0n) is 21.3. The van der Waals surface area contributed by atoms with Gasteiger partial charge in [0.05, 0.1) is 23.9 Å². The summed E-state index contributed by atoms with van der Waals surface area (Å²) in [6.07, 6.45) is 3.32. The summed E-state index contributed by atoms with van der Waals surface area (Å²) in [5, 5.41) is 2.86. The number of hydrogen-bond donors (Lipinski definition) is 1. The van der Waals surface area contributed by atoms with Gasteiger partial charge in [0.1, 0.15) is 17.9 Å². The number of benzene rings is 3. The number of rotatable bonds is 10. The van der Waals surface area contributed by atoms with Gasteiger partial charge in [-0.15, -0.1) is 0 Å². The van der Waals surface area contributed by atoms with Gasteiger partial charge in [-0.1, -0.05) is 37.1 Å². The lowest BCUT2D eigenvalue weighted by Gasteiger charge is -2.26. The Kier molecular flexibility index (Phi) is 9.27. The lowest BCUT2D eigenvalue weighted by molar-refractivity contribution is -0.122. The van der Waals surface area contributed by atoms with Gasteiger partial charge in [-0.3, -0.25) is 14.9 Å². The van der Waals surface area contributed by atoms with Crippen molar-refractivity contribution < 1.29 is 28.6 Å². The fourth-order valence-corrected chi connectivity index (χ4v) is 4.48. The van der Waals surface area contributed by atoms with E-state index in [0.717, 1.165) is 23.3 Å². The van der Waals surface area contributed by atoms with Crippen LogP contribution in [0.2, 0.25) is 5.02 Å². The minimum absolute atomic E-state index is 0.207. The number of nitrogens with zero attached hydrogens (tertiary/aromatic N) is 1. The van der Waals surface area contributed by atoms with E-state index in [9.17, 15) is 14.4 Å². The summed E-state index contributed by atoms with van der Waals surface area (Å²) in [5.41, 5.74) is 1.50. The summed E-state index contributed by atoms with van der Waals surface area (Å²) in [7, 11) is 1.49. The molecule has 4 rings (SSSR count). The van der Waals surface area contributed by atoms with Gasteiger partial charge in [0.2, 0.25) is 0 Å². The maximum absolute atomic E-state index is 13.3. The van der Waals surface area contributed by atoms with Crippen LogP contribution in [0.1, 0.15) is 30.9 Å². The van der Waals surface area contributed by atoms with E-state index in [-0.39, 0.29) is 12.2 Å². The number of hydrogen-bond acceptors (Lipinski definition) is 6. The predicted octanol–water partition coefficient (Wildman–Crippen LogP) is 6.54. The van der Waals surface area contributed by atoms with Crippen molar-refractivity contribution >= 4 is 57.1 Å². The predicted molar refractivity (Wildman–Crippen MR) is 152 cm³/mol. The second-order valence-electron chi connectivity index (χ2n) is 8.60. The highest BCUT2D eigenvalue weighted by Gasteiger charge is 2.37. The number of unbranched alkanes of at least 4 members (excludes halogenated alkanes) is 1. The van der Waals surface area contributed by atoms with Crippen molar-refractivity contribution in [3.8, 4) is 17.2 Å². The second-order valence-corrected chi connectivity index (χ2v) is 9.89. The Balaban J connectivity index is 1.57. The first-order valence-electron chi connectivity index (χ1n) is 12.2. The number of urea groups is 1. The molecule has 39 heavy (non-hydrogen) atoms. The number of carbonyl (C=O) groups excluding carboxylic acids is 3. The number of imide groups is 2. The molecule has 4 amide bonds. The fraction of sp³-hybridized carbons (Fsp3) is 0.207. The van der Waals surface area contributed by atoms with Crippen LogP contribution in [0.15, 0.2) is 70.7 Å². The smallest absolute Gasteiger partial charge is 0.335 e. The Morgan fingerprint density at radius 2 is 1.72 bits per heavy atom. The molecule has 1 fully saturated rings. The first-order chi connectivity index (χ1) is 18.8. The number of barbiturate groups is 1. The third-order valence-corrected chi connectivity index (χ3v) is 6.66. The zero-order valence-corrected chi connectivity index (χ0v) is 23.7. The summed E-state index contributed by atoms with van der Waals surface area (Å²) >= 11 is 9.44. The van der Waals surface area contributed by atoms with Crippen LogP contribution in [-0.4, -0.2) is 31.6 Å². The summed E-state index contributed by atoms with van der Waals surface area (Å²) in [4.78, 5) is 39.4. The summed E-state index contributed by atoms with van der Waals surface area (Å²) in [6.45, 7) is 2.91. The van der Waals surface area contributed by atoms with Crippen molar-refractivity contribution in [2.75, 3.05) is 18.6 Å². The molecule has 0 aliphatic carbocycles. The van der Waals surface area contributed by atoms with Crippen LogP contribution in [0, 0.1) is 0 Å². The van der Waals surface area contributed by atoms with E-state index >= 15 is 0 Å². The highest BCUT2D eigenvalue weighted by Crippen LogP contribution is 2.38. The van der Waals surface area contributed by atoms with Crippen molar-refractivity contribution in [1.82, 2.24) is 5.32 Å². The molecule has 3 aromatic rings. The van der Waals surface area contributed by atoms with Gasteiger partial charge in [-0.25, -0.2) is 9.69 Å². The Morgan fingerprint density at radius 1 is 1.00 bits per heavy atom. The van der Waals surface area contributed by atoms with E-state index in [0.29, 0.717) is 44.6 Å². The van der Waals surface area contributed by atoms with Crippen molar-refractivity contribution in [3.05, 3.63) is 86.9 Å². The maximum atomic E-state index is 13.3. The number of ether oxygens (including phenoxy) is 3. The summed E-state index contributed by atoms with van der Waals surface area (Å²) < 4.78 is 17.7. The van der Waals surface area contributed by atoms with E-state index in [2.05, 4.69) is 28.2 Å². The SMILES string of the molecule is CCCCOc1ccc(N2C(=O)NC(=O)/C(=C/c3cc(Br)c(OCc4ccc(Cl)cc4)c(OC)c3)C2=O)cc1. The molecule has 0 saturated carbocycles. The number of amides is 4. The normalized spacial score (nSPS) is 14.4. The Morgan fingerprint density at radius 3 is 2.38 bits per heavy atom.